The molecule has 0 aromatic carbocycles. The molecular weight excluding hydrogens is 176 g/mol. The standard InChI is InChI=1S/C8H14OS2/c1-3-5-6-7(9)11-8(10)4-2/h3-6H2,1-2H3. The van der Waals surface area contributed by atoms with Gasteiger partial charge in [0.05, 0.1) is 4.20 Å². The van der Waals surface area contributed by atoms with E-state index in [2.05, 4.69) is 6.92 Å². The third-order valence-corrected chi connectivity index (χ3v) is 2.74. The van der Waals surface area contributed by atoms with E-state index in [0.717, 1.165) is 23.5 Å². The van der Waals surface area contributed by atoms with Gasteiger partial charge in [0.2, 0.25) is 0 Å². The van der Waals surface area contributed by atoms with Crippen molar-refractivity contribution < 1.29 is 4.79 Å². The normalized spacial score (nSPS) is 9.64. The van der Waals surface area contributed by atoms with E-state index in [0.29, 0.717) is 6.42 Å². The zero-order valence-corrected chi connectivity index (χ0v) is 8.69. The van der Waals surface area contributed by atoms with Crippen LogP contribution in [-0.2, 0) is 4.79 Å². The number of thiocarbonyl (C=S) groups is 1. The highest BCUT2D eigenvalue weighted by Gasteiger charge is 2.03. The molecule has 11 heavy (non-hydrogen) atoms. The van der Waals surface area contributed by atoms with Crippen LogP contribution in [0.4, 0.5) is 0 Å². The maximum absolute atomic E-state index is 11.0. The summed E-state index contributed by atoms with van der Waals surface area (Å²) in [5, 5.41) is 0.221. The fourth-order valence-corrected chi connectivity index (χ4v) is 1.49. The van der Waals surface area contributed by atoms with Crippen molar-refractivity contribution in [2.24, 2.45) is 0 Å². The van der Waals surface area contributed by atoms with E-state index < -0.39 is 0 Å². The zero-order chi connectivity index (χ0) is 8.69. The van der Waals surface area contributed by atoms with Gasteiger partial charge in [0.1, 0.15) is 0 Å². The van der Waals surface area contributed by atoms with Crippen molar-refractivity contribution in [2.45, 2.75) is 39.5 Å². The molecule has 0 heterocycles. The van der Waals surface area contributed by atoms with Gasteiger partial charge in [-0.1, -0.05) is 32.5 Å². The van der Waals surface area contributed by atoms with Crippen LogP contribution < -0.4 is 0 Å². The molecule has 0 aliphatic heterocycles. The molecule has 64 valence electrons. The minimum Gasteiger partial charge on any atom is -0.287 e. The molecule has 0 fully saturated rings. The average molecular weight is 190 g/mol. The Bertz CT molecular complexity index is 143. The highest BCUT2D eigenvalue weighted by molar-refractivity contribution is 8.32. The van der Waals surface area contributed by atoms with Gasteiger partial charge in [-0.3, -0.25) is 4.79 Å². The van der Waals surface area contributed by atoms with Crippen LogP contribution >= 0.6 is 24.0 Å². The molecule has 0 rings (SSSR count). The molecule has 0 saturated carbocycles. The van der Waals surface area contributed by atoms with Crippen molar-refractivity contribution in [3.05, 3.63) is 0 Å². The molecule has 0 atom stereocenters. The Hall–Kier alpha value is 0.110. The van der Waals surface area contributed by atoms with Crippen molar-refractivity contribution in [1.82, 2.24) is 0 Å². The zero-order valence-electron chi connectivity index (χ0n) is 7.05. The van der Waals surface area contributed by atoms with Crippen LogP contribution in [0.2, 0.25) is 0 Å². The predicted octanol–water partition coefficient (Wildman–Crippen LogP) is 3.17. The molecule has 0 amide bonds. The van der Waals surface area contributed by atoms with Crippen molar-refractivity contribution >= 4 is 33.3 Å². The third kappa shape index (κ3) is 6.51. The van der Waals surface area contributed by atoms with Gasteiger partial charge in [0.25, 0.3) is 0 Å². The van der Waals surface area contributed by atoms with Crippen LogP contribution in [0.3, 0.4) is 0 Å². The lowest BCUT2D eigenvalue weighted by atomic mass is 10.3. The van der Waals surface area contributed by atoms with Crippen molar-refractivity contribution in [2.75, 3.05) is 0 Å². The third-order valence-electron chi connectivity index (χ3n) is 1.25. The number of thioether (sulfide) groups is 1. The molecular formula is C8H14OS2. The van der Waals surface area contributed by atoms with Crippen LogP contribution in [0.15, 0.2) is 0 Å². The number of rotatable bonds is 4. The quantitative estimate of drug-likeness (QED) is 0.634. The van der Waals surface area contributed by atoms with Gasteiger partial charge in [0.15, 0.2) is 5.12 Å². The SMILES string of the molecule is CCCCC(=O)SC(=S)CC. The van der Waals surface area contributed by atoms with Gasteiger partial charge in [-0.2, -0.15) is 0 Å². The first-order valence-corrected chi connectivity index (χ1v) is 5.16. The molecule has 0 N–H and O–H groups in total. The first-order valence-electron chi connectivity index (χ1n) is 3.94. The maximum atomic E-state index is 11.0. The van der Waals surface area contributed by atoms with Crippen LogP contribution in [-0.4, -0.2) is 9.31 Å². The van der Waals surface area contributed by atoms with E-state index >= 15 is 0 Å². The summed E-state index contributed by atoms with van der Waals surface area (Å²) < 4.78 is 0.811. The van der Waals surface area contributed by atoms with Crippen LogP contribution in [0.5, 0.6) is 0 Å². The number of hydrogen-bond acceptors (Lipinski definition) is 3. The summed E-state index contributed by atoms with van der Waals surface area (Å²) >= 11 is 6.16. The Morgan fingerprint density at radius 3 is 2.55 bits per heavy atom. The number of carbonyl (C=O) groups is 1. The fourth-order valence-electron chi connectivity index (χ4n) is 0.571. The van der Waals surface area contributed by atoms with Crippen LogP contribution in [0, 0.1) is 0 Å². The molecule has 0 aliphatic carbocycles. The molecule has 0 saturated heterocycles. The summed E-state index contributed by atoms with van der Waals surface area (Å²) in [6.07, 6.45) is 3.54. The molecule has 1 nitrogen and oxygen atoms in total. The van der Waals surface area contributed by atoms with E-state index in [1.165, 1.54) is 11.8 Å². The lowest BCUT2D eigenvalue weighted by Gasteiger charge is -1.97. The van der Waals surface area contributed by atoms with Gasteiger partial charge in [-0.05, 0) is 24.6 Å². The van der Waals surface area contributed by atoms with Crippen molar-refractivity contribution in [1.29, 1.82) is 0 Å². The Labute approximate surface area is 77.9 Å². The molecule has 0 spiro atoms. The topological polar surface area (TPSA) is 17.1 Å². The molecule has 3 heteroatoms. The minimum absolute atomic E-state index is 0.221. The minimum atomic E-state index is 0.221. The highest BCUT2D eigenvalue weighted by atomic mass is 32.2. The van der Waals surface area contributed by atoms with Gasteiger partial charge >= 0.3 is 0 Å². The van der Waals surface area contributed by atoms with E-state index in [4.69, 9.17) is 12.2 Å². The first kappa shape index (κ1) is 11.1. The predicted molar refractivity (Wildman–Crippen MR) is 55.0 cm³/mol. The second-order valence-corrected chi connectivity index (χ2v) is 4.21. The summed E-state index contributed by atoms with van der Waals surface area (Å²) in [5.74, 6) is 0. The summed E-state index contributed by atoms with van der Waals surface area (Å²) in [6.45, 7) is 4.05. The number of carbonyl (C=O) groups excluding carboxylic acids is 1. The molecule has 0 bridgehead atoms. The number of unbranched alkanes of at least 4 members (excludes halogenated alkanes) is 1. The summed E-state index contributed by atoms with van der Waals surface area (Å²) in [6, 6.07) is 0. The van der Waals surface area contributed by atoms with Gasteiger partial charge < -0.3 is 0 Å². The highest BCUT2D eigenvalue weighted by Crippen LogP contribution is 2.12. The van der Waals surface area contributed by atoms with E-state index in [1.807, 2.05) is 6.92 Å². The van der Waals surface area contributed by atoms with Gasteiger partial charge in [-0.15, -0.1) is 0 Å². The fraction of sp³-hybridized carbons (Fsp3) is 0.750. The van der Waals surface area contributed by atoms with Crippen molar-refractivity contribution in [3.63, 3.8) is 0 Å². The van der Waals surface area contributed by atoms with E-state index in [9.17, 15) is 4.79 Å². The van der Waals surface area contributed by atoms with Crippen molar-refractivity contribution in [3.8, 4) is 0 Å². The van der Waals surface area contributed by atoms with Gasteiger partial charge in [0, 0.05) is 6.42 Å². The Balaban J connectivity index is 3.44. The Morgan fingerprint density at radius 2 is 2.09 bits per heavy atom. The first-order chi connectivity index (χ1) is 5.20. The lowest BCUT2D eigenvalue weighted by molar-refractivity contribution is -0.110. The van der Waals surface area contributed by atoms with Crippen LogP contribution in [0.25, 0.3) is 0 Å². The average Bonchev–Trinajstić information content (AvgIpc) is 2.00. The smallest absolute Gasteiger partial charge is 0.194 e. The van der Waals surface area contributed by atoms with Crippen LogP contribution in [0.1, 0.15) is 39.5 Å². The summed E-state index contributed by atoms with van der Waals surface area (Å²) in [5.41, 5.74) is 0. The Kier molecular flexibility index (Phi) is 6.87. The Morgan fingerprint density at radius 1 is 1.45 bits per heavy atom. The second kappa shape index (κ2) is 6.80. The summed E-state index contributed by atoms with van der Waals surface area (Å²) in [4.78, 5) is 11.0. The van der Waals surface area contributed by atoms with E-state index in [1.54, 1.807) is 0 Å². The molecule has 0 aromatic rings. The summed E-state index contributed by atoms with van der Waals surface area (Å²) in [7, 11) is 0. The number of hydrogen-bond donors (Lipinski definition) is 0. The monoisotopic (exact) mass is 190 g/mol. The molecule has 0 aliphatic rings. The largest absolute Gasteiger partial charge is 0.287 e. The molecule has 0 aromatic heterocycles. The van der Waals surface area contributed by atoms with E-state index in [-0.39, 0.29) is 5.12 Å². The maximum Gasteiger partial charge on any atom is 0.194 e. The molecule has 0 unspecified atom stereocenters. The molecule has 0 radical (unpaired) electrons. The van der Waals surface area contributed by atoms with Gasteiger partial charge in [-0.25, -0.2) is 0 Å². The lowest BCUT2D eigenvalue weighted by Crippen LogP contribution is -1.95. The second-order valence-electron chi connectivity index (χ2n) is 2.30.